The molecule has 0 radical (unpaired) electrons. The standard InChI is InChI=1S/C17H10ClFN4OS/c18-11-8-9(4-5-12(11)19)15-21-13-3-1-2-10(14(13)22-15)16(24)23-17-20-6-7-25-17/h1-8H,(H,21,22)(H,20,23,24). The molecule has 4 aromatic rings. The van der Waals surface area contributed by atoms with Crippen molar-refractivity contribution in [3.05, 3.63) is 64.4 Å². The number of halogens is 2. The Morgan fingerprint density at radius 3 is 2.92 bits per heavy atom. The van der Waals surface area contributed by atoms with Gasteiger partial charge in [0.05, 0.1) is 16.1 Å². The summed E-state index contributed by atoms with van der Waals surface area (Å²) in [5.74, 6) is -0.285. The zero-order valence-electron chi connectivity index (χ0n) is 12.6. The first kappa shape index (κ1) is 15.7. The third-order valence-corrected chi connectivity index (χ3v) is 4.58. The van der Waals surface area contributed by atoms with E-state index in [4.69, 9.17) is 11.6 Å². The van der Waals surface area contributed by atoms with Gasteiger partial charge in [-0.05, 0) is 30.3 Å². The van der Waals surface area contributed by atoms with E-state index in [1.807, 2.05) is 6.07 Å². The predicted molar refractivity (Wildman–Crippen MR) is 96.6 cm³/mol. The van der Waals surface area contributed by atoms with Crippen LogP contribution in [0.3, 0.4) is 0 Å². The van der Waals surface area contributed by atoms with E-state index in [9.17, 15) is 9.18 Å². The molecule has 2 heterocycles. The molecular formula is C17H10ClFN4OS. The van der Waals surface area contributed by atoms with Gasteiger partial charge in [-0.1, -0.05) is 17.7 Å². The Balaban J connectivity index is 1.75. The fourth-order valence-corrected chi connectivity index (χ4v) is 3.15. The topological polar surface area (TPSA) is 70.7 Å². The summed E-state index contributed by atoms with van der Waals surface area (Å²) in [7, 11) is 0. The number of aromatic nitrogens is 3. The number of thiazole rings is 1. The Bertz CT molecular complexity index is 1080. The lowest BCUT2D eigenvalue weighted by atomic mass is 10.2. The molecule has 0 spiro atoms. The van der Waals surface area contributed by atoms with Crippen LogP contribution < -0.4 is 5.32 Å². The number of carbonyl (C=O) groups is 1. The highest BCUT2D eigenvalue weighted by Crippen LogP contribution is 2.26. The normalized spacial score (nSPS) is 11.0. The molecule has 4 rings (SSSR count). The third-order valence-electron chi connectivity index (χ3n) is 3.60. The maximum atomic E-state index is 13.3. The summed E-state index contributed by atoms with van der Waals surface area (Å²) in [6, 6.07) is 9.61. The molecule has 1 amide bonds. The summed E-state index contributed by atoms with van der Waals surface area (Å²) in [5.41, 5.74) is 2.27. The number of carbonyl (C=O) groups excluding carboxylic acids is 1. The highest BCUT2D eigenvalue weighted by Gasteiger charge is 2.16. The lowest BCUT2D eigenvalue weighted by Crippen LogP contribution is -2.12. The third kappa shape index (κ3) is 2.99. The first-order valence-corrected chi connectivity index (χ1v) is 8.52. The SMILES string of the molecule is O=C(Nc1nccs1)c1cccc2[nH]c(-c3ccc(F)c(Cl)c3)nc12. The number of amides is 1. The lowest BCUT2D eigenvalue weighted by molar-refractivity contribution is 0.102. The van der Waals surface area contributed by atoms with E-state index in [0.29, 0.717) is 33.1 Å². The number of benzene rings is 2. The summed E-state index contributed by atoms with van der Waals surface area (Å²) >= 11 is 7.17. The molecule has 0 aliphatic heterocycles. The number of nitrogens with zero attached hydrogens (tertiary/aromatic N) is 2. The maximum absolute atomic E-state index is 13.3. The molecule has 2 aromatic heterocycles. The van der Waals surface area contributed by atoms with E-state index >= 15 is 0 Å². The number of nitrogens with one attached hydrogen (secondary N) is 2. The van der Waals surface area contributed by atoms with Crippen molar-refractivity contribution < 1.29 is 9.18 Å². The van der Waals surface area contributed by atoms with E-state index in [2.05, 4.69) is 20.3 Å². The van der Waals surface area contributed by atoms with Crippen molar-refractivity contribution in [3.63, 3.8) is 0 Å². The van der Waals surface area contributed by atoms with Gasteiger partial charge in [0.25, 0.3) is 5.91 Å². The second-order valence-corrected chi connectivity index (χ2v) is 6.51. The molecule has 0 saturated heterocycles. The van der Waals surface area contributed by atoms with E-state index in [1.165, 1.54) is 23.5 Å². The summed E-state index contributed by atoms with van der Waals surface area (Å²) in [4.78, 5) is 24.2. The maximum Gasteiger partial charge on any atom is 0.259 e. The van der Waals surface area contributed by atoms with Crippen molar-refractivity contribution in [3.8, 4) is 11.4 Å². The fraction of sp³-hybridized carbons (Fsp3) is 0. The Kier molecular flexibility index (Phi) is 3.95. The van der Waals surface area contributed by atoms with E-state index in [-0.39, 0.29) is 10.9 Å². The molecule has 0 aliphatic rings. The van der Waals surface area contributed by atoms with Crippen LogP contribution in [0.5, 0.6) is 0 Å². The Labute approximate surface area is 150 Å². The number of H-pyrrole nitrogens is 1. The minimum absolute atomic E-state index is 0.0136. The molecule has 0 unspecified atom stereocenters. The van der Waals surface area contributed by atoms with Gasteiger partial charge < -0.3 is 4.98 Å². The van der Waals surface area contributed by atoms with Gasteiger partial charge in [0.15, 0.2) is 5.13 Å². The summed E-state index contributed by atoms with van der Waals surface area (Å²) in [5, 5.41) is 5.05. The van der Waals surface area contributed by atoms with Crippen molar-refractivity contribution in [1.82, 2.24) is 15.0 Å². The van der Waals surface area contributed by atoms with Gasteiger partial charge in [-0.15, -0.1) is 11.3 Å². The molecule has 124 valence electrons. The molecule has 0 aliphatic carbocycles. The molecule has 8 heteroatoms. The predicted octanol–water partition coefficient (Wildman–Crippen LogP) is 4.73. The zero-order valence-corrected chi connectivity index (χ0v) is 14.2. The number of rotatable bonds is 3. The second-order valence-electron chi connectivity index (χ2n) is 5.21. The molecule has 0 saturated carbocycles. The first-order chi connectivity index (χ1) is 12.1. The molecule has 2 aromatic carbocycles. The molecule has 0 fully saturated rings. The van der Waals surface area contributed by atoms with Crippen LogP contribution in [-0.2, 0) is 0 Å². The van der Waals surface area contributed by atoms with Gasteiger partial charge in [-0.3, -0.25) is 10.1 Å². The van der Waals surface area contributed by atoms with E-state index in [0.717, 1.165) is 0 Å². The fourth-order valence-electron chi connectivity index (χ4n) is 2.45. The quantitative estimate of drug-likeness (QED) is 0.546. The number of para-hydroxylation sites is 1. The van der Waals surface area contributed by atoms with Crippen LogP contribution in [0.4, 0.5) is 9.52 Å². The highest BCUT2D eigenvalue weighted by atomic mass is 35.5. The van der Waals surface area contributed by atoms with Gasteiger partial charge in [0.2, 0.25) is 0 Å². The molecular weight excluding hydrogens is 363 g/mol. The largest absolute Gasteiger partial charge is 0.338 e. The van der Waals surface area contributed by atoms with Gasteiger partial charge in [0, 0.05) is 17.1 Å². The van der Waals surface area contributed by atoms with Gasteiger partial charge in [-0.25, -0.2) is 14.4 Å². The number of aromatic amines is 1. The number of imidazole rings is 1. The van der Waals surface area contributed by atoms with Crippen molar-refractivity contribution in [2.24, 2.45) is 0 Å². The van der Waals surface area contributed by atoms with Crippen molar-refractivity contribution in [2.45, 2.75) is 0 Å². The van der Waals surface area contributed by atoms with E-state index < -0.39 is 5.82 Å². The van der Waals surface area contributed by atoms with Crippen molar-refractivity contribution in [1.29, 1.82) is 0 Å². The Morgan fingerprint density at radius 2 is 2.16 bits per heavy atom. The number of hydrogen-bond acceptors (Lipinski definition) is 4. The molecule has 2 N–H and O–H groups in total. The van der Waals surface area contributed by atoms with Crippen molar-refractivity contribution >= 4 is 45.0 Å². The molecule has 5 nitrogen and oxygen atoms in total. The number of hydrogen-bond donors (Lipinski definition) is 2. The molecule has 0 bridgehead atoms. The van der Waals surface area contributed by atoms with Gasteiger partial charge in [0.1, 0.15) is 17.2 Å². The first-order valence-electron chi connectivity index (χ1n) is 7.27. The highest BCUT2D eigenvalue weighted by molar-refractivity contribution is 7.13. The number of fused-ring (bicyclic) bond motifs is 1. The number of anilines is 1. The Morgan fingerprint density at radius 1 is 1.28 bits per heavy atom. The van der Waals surface area contributed by atoms with Gasteiger partial charge >= 0.3 is 0 Å². The zero-order chi connectivity index (χ0) is 17.4. The Hall–Kier alpha value is -2.77. The van der Waals surface area contributed by atoms with Crippen LogP contribution in [0, 0.1) is 5.82 Å². The van der Waals surface area contributed by atoms with Crippen LogP contribution in [-0.4, -0.2) is 20.9 Å². The van der Waals surface area contributed by atoms with E-state index in [1.54, 1.807) is 29.8 Å². The van der Waals surface area contributed by atoms with Crippen LogP contribution in [0.25, 0.3) is 22.4 Å². The van der Waals surface area contributed by atoms with Crippen LogP contribution in [0.1, 0.15) is 10.4 Å². The summed E-state index contributed by atoms with van der Waals surface area (Å²) < 4.78 is 13.3. The summed E-state index contributed by atoms with van der Waals surface area (Å²) in [6.07, 6.45) is 1.62. The smallest absolute Gasteiger partial charge is 0.259 e. The second kappa shape index (κ2) is 6.27. The van der Waals surface area contributed by atoms with Crippen LogP contribution >= 0.6 is 22.9 Å². The minimum Gasteiger partial charge on any atom is -0.338 e. The molecule has 25 heavy (non-hydrogen) atoms. The molecule has 0 atom stereocenters. The van der Waals surface area contributed by atoms with Crippen LogP contribution in [0.15, 0.2) is 48.0 Å². The summed E-state index contributed by atoms with van der Waals surface area (Å²) in [6.45, 7) is 0. The van der Waals surface area contributed by atoms with Crippen molar-refractivity contribution in [2.75, 3.05) is 5.32 Å². The monoisotopic (exact) mass is 372 g/mol. The van der Waals surface area contributed by atoms with Gasteiger partial charge in [-0.2, -0.15) is 0 Å². The average molecular weight is 373 g/mol. The van der Waals surface area contributed by atoms with Crippen LogP contribution in [0.2, 0.25) is 5.02 Å². The lowest BCUT2D eigenvalue weighted by Gasteiger charge is -2.02. The minimum atomic E-state index is -0.495. The average Bonchev–Trinajstić information content (AvgIpc) is 3.26.